The van der Waals surface area contributed by atoms with E-state index in [1.807, 2.05) is 18.2 Å². The summed E-state index contributed by atoms with van der Waals surface area (Å²) >= 11 is 0. The molecule has 0 atom stereocenters. The molecule has 0 heterocycles. The summed E-state index contributed by atoms with van der Waals surface area (Å²) in [5.74, 6) is 0.695. The van der Waals surface area contributed by atoms with E-state index in [2.05, 4.69) is 4.90 Å². The van der Waals surface area contributed by atoms with Gasteiger partial charge in [-0.3, -0.25) is 0 Å². The number of nitrogen functional groups attached to an aromatic ring is 1. The molecule has 1 aliphatic carbocycles. The van der Waals surface area contributed by atoms with Gasteiger partial charge in [-0.1, -0.05) is 0 Å². The number of methoxy groups -OCH3 is 1. The molecule has 16 heavy (non-hydrogen) atoms. The SMILES string of the molecule is COc1cc(N(CCO)C2CC2)ccc1N. The van der Waals surface area contributed by atoms with Crippen molar-refractivity contribution < 1.29 is 9.84 Å². The summed E-state index contributed by atoms with van der Waals surface area (Å²) in [5, 5.41) is 9.06. The Balaban J connectivity index is 2.23. The molecule has 4 nitrogen and oxygen atoms in total. The van der Waals surface area contributed by atoms with E-state index in [0.717, 1.165) is 5.69 Å². The van der Waals surface area contributed by atoms with Crippen molar-refractivity contribution in [3.63, 3.8) is 0 Å². The quantitative estimate of drug-likeness (QED) is 0.736. The number of nitrogens with zero attached hydrogens (tertiary/aromatic N) is 1. The van der Waals surface area contributed by atoms with Gasteiger partial charge >= 0.3 is 0 Å². The molecule has 2 rings (SSSR count). The Hall–Kier alpha value is -1.42. The molecule has 0 saturated heterocycles. The summed E-state index contributed by atoms with van der Waals surface area (Å²) < 4.78 is 5.20. The average Bonchev–Trinajstić information content (AvgIpc) is 3.11. The molecule has 1 fully saturated rings. The van der Waals surface area contributed by atoms with Crippen LogP contribution in [0.4, 0.5) is 11.4 Å². The third-order valence-electron chi connectivity index (χ3n) is 2.88. The minimum Gasteiger partial charge on any atom is -0.495 e. The second-order valence-electron chi connectivity index (χ2n) is 4.07. The molecule has 1 aromatic rings. The van der Waals surface area contributed by atoms with E-state index in [-0.39, 0.29) is 6.61 Å². The number of aliphatic hydroxyl groups excluding tert-OH is 1. The highest BCUT2D eigenvalue weighted by Gasteiger charge is 2.29. The van der Waals surface area contributed by atoms with Gasteiger partial charge in [0.2, 0.25) is 0 Å². The fraction of sp³-hybridized carbons (Fsp3) is 0.500. The molecular weight excluding hydrogens is 204 g/mol. The fourth-order valence-corrected chi connectivity index (χ4v) is 1.89. The Morgan fingerprint density at radius 3 is 2.81 bits per heavy atom. The number of rotatable bonds is 5. The van der Waals surface area contributed by atoms with Crippen LogP contribution >= 0.6 is 0 Å². The van der Waals surface area contributed by atoms with Crippen molar-refractivity contribution >= 4 is 11.4 Å². The van der Waals surface area contributed by atoms with Gasteiger partial charge < -0.3 is 20.5 Å². The van der Waals surface area contributed by atoms with Crippen molar-refractivity contribution in [2.24, 2.45) is 0 Å². The normalized spacial score (nSPS) is 14.9. The van der Waals surface area contributed by atoms with E-state index in [0.29, 0.717) is 24.0 Å². The standard InChI is InChI=1S/C12H18N2O2/c1-16-12-8-10(4-5-11(12)13)14(6-7-15)9-2-3-9/h4-5,8-9,15H,2-3,6-7,13H2,1H3. The topological polar surface area (TPSA) is 58.7 Å². The number of hydrogen-bond acceptors (Lipinski definition) is 4. The third-order valence-corrected chi connectivity index (χ3v) is 2.88. The smallest absolute Gasteiger partial charge is 0.143 e. The second-order valence-corrected chi connectivity index (χ2v) is 4.07. The van der Waals surface area contributed by atoms with Gasteiger partial charge in [-0.2, -0.15) is 0 Å². The molecule has 4 heteroatoms. The lowest BCUT2D eigenvalue weighted by molar-refractivity contribution is 0.301. The van der Waals surface area contributed by atoms with Gasteiger partial charge in [0.25, 0.3) is 0 Å². The van der Waals surface area contributed by atoms with Crippen LogP contribution in [0.15, 0.2) is 18.2 Å². The van der Waals surface area contributed by atoms with Gasteiger partial charge in [0, 0.05) is 24.3 Å². The van der Waals surface area contributed by atoms with Crippen molar-refractivity contribution in [2.45, 2.75) is 18.9 Å². The number of ether oxygens (including phenoxy) is 1. The Bertz CT molecular complexity index is 364. The van der Waals surface area contributed by atoms with Gasteiger partial charge in [-0.05, 0) is 25.0 Å². The summed E-state index contributed by atoms with van der Waals surface area (Å²) in [6.45, 7) is 0.834. The number of anilines is 2. The number of benzene rings is 1. The van der Waals surface area contributed by atoms with E-state index < -0.39 is 0 Å². The predicted molar refractivity (Wildman–Crippen MR) is 64.9 cm³/mol. The molecule has 1 aromatic carbocycles. The van der Waals surface area contributed by atoms with Crippen LogP contribution in [0, 0.1) is 0 Å². The van der Waals surface area contributed by atoms with Crippen LogP contribution in [0.2, 0.25) is 0 Å². The highest BCUT2D eigenvalue weighted by atomic mass is 16.5. The van der Waals surface area contributed by atoms with E-state index in [9.17, 15) is 0 Å². The van der Waals surface area contributed by atoms with Crippen LogP contribution < -0.4 is 15.4 Å². The van der Waals surface area contributed by atoms with Crippen molar-refractivity contribution in [3.8, 4) is 5.75 Å². The number of aliphatic hydroxyl groups is 1. The zero-order chi connectivity index (χ0) is 11.5. The van der Waals surface area contributed by atoms with Crippen LogP contribution in [0.3, 0.4) is 0 Å². The average molecular weight is 222 g/mol. The minimum absolute atomic E-state index is 0.170. The summed E-state index contributed by atoms with van der Waals surface area (Å²) in [5.41, 5.74) is 7.49. The van der Waals surface area contributed by atoms with Crippen LogP contribution in [-0.2, 0) is 0 Å². The lowest BCUT2D eigenvalue weighted by atomic mass is 10.2. The first-order valence-electron chi connectivity index (χ1n) is 5.57. The first kappa shape index (κ1) is 11.1. The maximum Gasteiger partial charge on any atom is 0.143 e. The van der Waals surface area contributed by atoms with Crippen LogP contribution in [0.25, 0.3) is 0 Å². The molecule has 3 N–H and O–H groups in total. The first-order chi connectivity index (χ1) is 7.76. The van der Waals surface area contributed by atoms with E-state index in [1.165, 1.54) is 12.8 Å². The zero-order valence-electron chi connectivity index (χ0n) is 9.52. The highest BCUT2D eigenvalue weighted by Crippen LogP contribution is 2.34. The van der Waals surface area contributed by atoms with Crippen molar-refractivity contribution in [3.05, 3.63) is 18.2 Å². The molecule has 0 aliphatic heterocycles. The largest absolute Gasteiger partial charge is 0.495 e. The van der Waals surface area contributed by atoms with Crippen LogP contribution in [-0.4, -0.2) is 31.4 Å². The molecule has 0 spiro atoms. The summed E-state index contributed by atoms with van der Waals surface area (Å²) in [4.78, 5) is 2.21. The lowest BCUT2D eigenvalue weighted by Gasteiger charge is -2.24. The van der Waals surface area contributed by atoms with Gasteiger partial charge in [-0.15, -0.1) is 0 Å². The summed E-state index contributed by atoms with van der Waals surface area (Å²) in [7, 11) is 1.61. The van der Waals surface area contributed by atoms with Gasteiger partial charge in [-0.25, -0.2) is 0 Å². The third kappa shape index (κ3) is 2.22. The molecule has 0 bridgehead atoms. The Kier molecular flexibility index (Phi) is 3.19. The molecule has 88 valence electrons. The maximum absolute atomic E-state index is 9.06. The molecule has 0 aromatic heterocycles. The van der Waals surface area contributed by atoms with E-state index in [4.69, 9.17) is 15.6 Å². The Morgan fingerprint density at radius 2 is 2.25 bits per heavy atom. The fourth-order valence-electron chi connectivity index (χ4n) is 1.89. The number of hydrogen-bond donors (Lipinski definition) is 2. The lowest BCUT2D eigenvalue weighted by Crippen LogP contribution is -2.28. The molecular formula is C12H18N2O2. The zero-order valence-corrected chi connectivity index (χ0v) is 9.52. The monoisotopic (exact) mass is 222 g/mol. The van der Waals surface area contributed by atoms with E-state index in [1.54, 1.807) is 7.11 Å². The molecule has 0 unspecified atom stereocenters. The highest BCUT2D eigenvalue weighted by molar-refractivity contribution is 5.63. The van der Waals surface area contributed by atoms with Crippen molar-refractivity contribution in [1.82, 2.24) is 0 Å². The predicted octanol–water partition coefficient (Wildman–Crippen LogP) is 1.24. The van der Waals surface area contributed by atoms with Gasteiger partial charge in [0.15, 0.2) is 0 Å². The van der Waals surface area contributed by atoms with Crippen molar-refractivity contribution in [1.29, 1.82) is 0 Å². The Labute approximate surface area is 95.6 Å². The van der Waals surface area contributed by atoms with Crippen molar-refractivity contribution in [2.75, 3.05) is 30.9 Å². The van der Waals surface area contributed by atoms with Gasteiger partial charge in [0.1, 0.15) is 5.75 Å². The summed E-state index contributed by atoms with van der Waals surface area (Å²) in [6.07, 6.45) is 2.40. The van der Waals surface area contributed by atoms with Crippen LogP contribution in [0.5, 0.6) is 5.75 Å². The first-order valence-corrected chi connectivity index (χ1v) is 5.57. The molecule has 1 saturated carbocycles. The van der Waals surface area contributed by atoms with E-state index >= 15 is 0 Å². The molecule has 0 amide bonds. The summed E-state index contributed by atoms with van der Waals surface area (Å²) in [6, 6.07) is 6.33. The minimum atomic E-state index is 0.170. The molecule has 1 aliphatic rings. The maximum atomic E-state index is 9.06. The Morgan fingerprint density at radius 1 is 1.50 bits per heavy atom. The van der Waals surface area contributed by atoms with Gasteiger partial charge in [0.05, 0.1) is 19.4 Å². The second kappa shape index (κ2) is 4.61. The van der Waals surface area contributed by atoms with Crippen LogP contribution in [0.1, 0.15) is 12.8 Å². The molecule has 0 radical (unpaired) electrons. The number of nitrogens with two attached hydrogens (primary N) is 1.